The van der Waals surface area contributed by atoms with Crippen molar-refractivity contribution in [3.8, 4) is 0 Å². The monoisotopic (exact) mass is 407 g/mol. The zero-order valence-electron chi connectivity index (χ0n) is 20.6. The Morgan fingerprint density at radius 2 is 1.60 bits per heavy atom. The fourth-order valence-electron chi connectivity index (χ4n) is 4.93. The number of nitrogens with zero attached hydrogens (tertiary/aromatic N) is 1. The maximum atomic E-state index is 4.62. The lowest BCUT2D eigenvalue weighted by Gasteiger charge is -2.44. The van der Waals surface area contributed by atoms with E-state index in [-0.39, 0.29) is 0 Å². The number of hydrogen-bond acceptors (Lipinski definition) is 1. The van der Waals surface area contributed by atoms with E-state index in [1.165, 1.54) is 73.6 Å². The minimum absolute atomic E-state index is 0.562. The first-order valence-corrected chi connectivity index (χ1v) is 12.2. The Balaban J connectivity index is 2.36. The second-order valence-corrected chi connectivity index (χ2v) is 9.39. The molecule has 0 bridgehead atoms. The van der Waals surface area contributed by atoms with Crippen molar-refractivity contribution in [3.63, 3.8) is 0 Å². The van der Waals surface area contributed by atoms with Gasteiger partial charge in [-0.05, 0) is 87.1 Å². The molecule has 1 heteroatoms. The SMILES string of the molecule is C=C(C)c1cc(C)cc(C(=C)C2CCC2/C(=C(/CCC)CCCCC)N(C)CC)c1. The average Bonchev–Trinajstić information content (AvgIpc) is 2.69. The molecule has 0 spiro atoms. The predicted octanol–water partition coefficient (Wildman–Crippen LogP) is 8.65. The Labute approximate surface area is 187 Å². The molecule has 2 unspecified atom stereocenters. The number of hydrogen-bond donors (Lipinski definition) is 0. The van der Waals surface area contributed by atoms with Crippen molar-refractivity contribution in [3.05, 3.63) is 59.3 Å². The molecule has 2 rings (SSSR count). The number of unbranched alkanes of at least 4 members (excludes halogenated alkanes) is 2. The van der Waals surface area contributed by atoms with Gasteiger partial charge in [0.05, 0.1) is 0 Å². The molecule has 1 aromatic rings. The molecule has 0 N–H and O–H groups in total. The van der Waals surface area contributed by atoms with Gasteiger partial charge in [-0.3, -0.25) is 0 Å². The molecule has 2 atom stereocenters. The van der Waals surface area contributed by atoms with Crippen molar-refractivity contribution in [2.75, 3.05) is 13.6 Å². The standard InChI is InChI=1S/C29H45N/c1-9-12-13-15-24(14-10-2)29(30(8)11-3)28-17-16-27(28)23(7)26-19-22(6)18-25(20-26)21(4)5/h18-20,27-28H,4,7,9-17H2,1-3,5-6,8H3/b29-24+. The van der Waals surface area contributed by atoms with Crippen molar-refractivity contribution < 1.29 is 0 Å². The van der Waals surface area contributed by atoms with Gasteiger partial charge in [0, 0.05) is 25.2 Å². The molecule has 30 heavy (non-hydrogen) atoms. The van der Waals surface area contributed by atoms with Gasteiger partial charge in [0.2, 0.25) is 0 Å². The van der Waals surface area contributed by atoms with Gasteiger partial charge < -0.3 is 4.90 Å². The number of aryl methyl sites for hydroxylation is 1. The zero-order chi connectivity index (χ0) is 22.3. The van der Waals surface area contributed by atoms with E-state index in [1.54, 1.807) is 11.3 Å². The van der Waals surface area contributed by atoms with Crippen molar-refractivity contribution in [1.29, 1.82) is 0 Å². The Bertz CT molecular complexity index is 767. The summed E-state index contributed by atoms with van der Waals surface area (Å²) in [7, 11) is 2.30. The average molecular weight is 408 g/mol. The minimum Gasteiger partial charge on any atom is -0.378 e. The second kappa shape index (κ2) is 11.6. The molecular weight excluding hydrogens is 362 g/mol. The second-order valence-electron chi connectivity index (χ2n) is 9.39. The third-order valence-electron chi connectivity index (χ3n) is 6.90. The van der Waals surface area contributed by atoms with Gasteiger partial charge in [-0.15, -0.1) is 0 Å². The van der Waals surface area contributed by atoms with Gasteiger partial charge in [0.25, 0.3) is 0 Å². The Hall–Kier alpha value is -1.76. The van der Waals surface area contributed by atoms with Gasteiger partial charge in [-0.1, -0.05) is 69.5 Å². The zero-order valence-corrected chi connectivity index (χ0v) is 20.6. The van der Waals surface area contributed by atoms with Gasteiger partial charge in [-0.25, -0.2) is 0 Å². The summed E-state index contributed by atoms with van der Waals surface area (Å²) in [4.78, 5) is 2.54. The summed E-state index contributed by atoms with van der Waals surface area (Å²) in [6.45, 7) is 21.1. The molecule has 0 radical (unpaired) electrons. The van der Waals surface area contributed by atoms with Gasteiger partial charge in [-0.2, -0.15) is 0 Å². The fourth-order valence-corrected chi connectivity index (χ4v) is 4.93. The summed E-state index contributed by atoms with van der Waals surface area (Å²) in [6, 6.07) is 6.85. The highest BCUT2D eigenvalue weighted by Gasteiger charge is 2.38. The molecule has 1 fully saturated rings. The van der Waals surface area contributed by atoms with Crippen molar-refractivity contribution in [2.45, 2.75) is 86.0 Å². The van der Waals surface area contributed by atoms with Crippen LogP contribution in [0.3, 0.4) is 0 Å². The van der Waals surface area contributed by atoms with Crippen molar-refractivity contribution >= 4 is 11.1 Å². The summed E-state index contributed by atoms with van der Waals surface area (Å²) in [5.74, 6) is 1.19. The van der Waals surface area contributed by atoms with Crippen LogP contribution >= 0.6 is 0 Å². The predicted molar refractivity (Wildman–Crippen MR) is 136 cm³/mol. The van der Waals surface area contributed by atoms with Crippen LogP contribution in [0.15, 0.2) is 42.6 Å². The number of benzene rings is 1. The van der Waals surface area contributed by atoms with Crippen molar-refractivity contribution in [1.82, 2.24) is 4.90 Å². The normalized spacial score (nSPS) is 19.1. The lowest BCUT2D eigenvalue weighted by molar-refractivity contribution is 0.219. The highest BCUT2D eigenvalue weighted by atomic mass is 15.1. The van der Waals surface area contributed by atoms with Crippen LogP contribution in [0.25, 0.3) is 11.1 Å². The third-order valence-corrected chi connectivity index (χ3v) is 6.90. The smallest absolute Gasteiger partial charge is 0.0159 e. The van der Waals surface area contributed by atoms with E-state index >= 15 is 0 Å². The van der Waals surface area contributed by atoms with Crippen LogP contribution in [-0.4, -0.2) is 18.5 Å². The molecule has 0 amide bonds. The molecule has 1 saturated carbocycles. The van der Waals surface area contributed by atoms with E-state index in [2.05, 4.69) is 77.9 Å². The minimum atomic E-state index is 0.562. The summed E-state index contributed by atoms with van der Waals surface area (Å²) >= 11 is 0. The molecule has 1 nitrogen and oxygen atoms in total. The number of rotatable bonds is 12. The topological polar surface area (TPSA) is 3.24 Å². The summed E-state index contributed by atoms with van der Waals surface area (Å²) in [5.41, 5.74) is 9.66. The first kappa shape index (κ1) is 24.5. The molecular formula is C29H45N. The molecule has 1 aliphatic rings. The van der Waals surface area contributed by atoms with Crippen LogP contribution in [0, 0.1) is 18.8 Å². The van der Waals surface area contributed by atoms with Crippen LogP contribution in [0.4, 0.5) is 0 Å². The van der Waals surface area contributed by atoms with Crippen molar-refractivity contribution in [2.24, 2.45) is 11.8 Å². The lowest BCUT2D eigenvalue weighted by atomic mass is 9.65. The molecule has 1 aromatic carbocycles. The van der Waals surface area contributed by atoms with E-state index in [9.17, 15) is 0 Å². The molecule has 1 aliphatic carbocycles. The summed E-state index contributed by atoms with van der Waals surface area (Å²) < 4.78 is 0. The molecule has 166 valence electrons. The fraction of sp³-hybridized carbons (Fsp3) is 0.586. The molecule has 0 aromatic heterocycles. The Morgan fingerprint density at radius 1 is 0.933 bits per heavy atom. The van der Waals surface area contributed by atoms with Crippen LogP contribution < -0.4 is 0 Å². The van der Waals surface area contributed by atoms with Crippen LogP contribution in [0.2, 0.25) is 0 Å². The first-order valence-electron chi connectivity index (χ1n) is 12.2. The van der Waals surface area contributed by atoms with E-state index in [0.29, 0.717) is 11.8 Å². The highest BCUT2D eigenvalue weighted by Crippen LogP contribution is 2.49. The van der Waals surface area contributed by atoms with Crippen LogP contribution in [0.5, 0.6) is 0 Å². The molecule has 0 saturated heterocycles. The highest BCUT2D eigenvalue weighted by molar-refractivity contribution is 5.72. The van der Waals surface area contributed by atoms with E-state index < -0.39 is 0 Å². The van der Waals surface area contributed by atoms with Crippen LogP contribution in [-0.2, 0) is 0 Å². The molecule has 0 aliphatic heterocycles. The Kier molecular flexibility index (Phi) is 9.46. The maximum absolute atomic E-state index is 4.62. The maximum Gasteiger partial charge on any atom is 0.0159 e. The van der Waals surface area contributed by atoms with E-state index in [1.807, 2.05) is 0 Å². The quantitative estimate of drug-likeness (QED) is 0.313. The van der Waals surface area contributed by atoms with Gasteiger partial charge >= 0.3 is 0 Å². The third kappa shape index (κ3) is 5.90. The lowest BCUT2D eigenvalue weighted by Crippen LogP contribution is -2.36. The summed E-state index contributed by atoms with van der Waals surface area (Å²) in [6.07, 6.45) is 10.2. The van der Waals surface area contributed by atoms with Crippen LogP contribution in [0.1, 0.15) is 95.8 Å². The molecule has 0 heterocycles. The number of allylic oxidation sites excluding steroid dienone is 4. The largest absolute Gasteiger partial charge is 0.378 e. The first-order chi connectivity index (χ1) is 14.3. The van der Waals surface area contributed by atoms with E-state index in [0.717, 1.165) is 12.1 Å². The summed E-state index contributed by atoms with van der Waals surface area (Å²) in [5, 5.41) is 0. The van der Waals surface area contributed by atoms with E-state index in [4.69, 9.17) is 0 Å². The Morgan fingerprint density at radius 3 is 2.13 bits per heavy atom. The van der Waals surface area contributed by atoms with Gasteiger partial charge in [0.1, 0.15) is 0 Å². The van der Waals surface area contributed by atoms with Gasteiger partial charge in [0.15, 0.2) is 0 Å².